The second-order valence-electron chi connectivity index (χ2n) is 8.77. The van der Waals surface area contributed by atoms with Crippen molar-refractivity contribution in [3.05, 3.63) is 29.8 Å². The summed E-state index contributed by atoms with van der Waals surface area (Å²) in [5.41, 5.74) is 2.37. The molecule has 3 rings (SSSR count). The predicted octanol–water partition coefficient (Wildman–Crippen LogP) is 4.33. The topological polar surface area (TPSA) is 63.9 Å². The van der Waals surface area contributed by atoms with E-state index in [1.165, 1.54) is 0 Å². The van der Waals surface area contributed by atoms with Gasteiger partial charge in [-0.25, -0.2) is 9.97 Å². The molecule has 1 aliphatic rings. The Balaban J connectivity index is 2.02. The summed E-state index contributed by atoms with van der Waals surface area (Å²) in [6, 6.07) is 4.18. The highest BCUT2D eigenvalue weighted by Crippen LogP contribution is 2.34. The molecular weight excluding hydrogens is 338 g/mol. The van der Waals surface area contributed by atoms with Gasteiger partial charge in [0.1, 0.15) is 0 Å². The molecule has 3 heterocycles. The van der Waals surface area contributed by atoms with E-state index in [-0.39, 0.29) is 18.0 Å². The van der Waals surface area contributed by atoms with Crippen molar-refractivity contribution in [3.63, 3.8) is 0 Å². The summed E-state index contributed by atoms with van der Waals surface area (Å²) >= 11 is 0. The highest BCUT2D eigenvalue weighted by atomic mass is 16.2. The molecule has 1 fully saturated rings. The number of hydrogen-bond donors (Lipinski definition) is 0. The zero-order chi connectivity index (χ0) is 19.8. The molecule has 146 valence electrons. The van der Waals surface area contributed by atoms with Gasteiger partial charge in [-0.3, -0.25) is 9.48 Å². The molecule has 27 heavy (non-hydrogen) atoms. The van der Waals surface area contributed by atoms with E-state index in [9.17, 15) is 4.79 Å². The molecular formula is C21H31N5O. The fourth-order valence-corrected chi connectivity index (χ4v) is 3.67. The summed E-state index contributed by atoms with van der Waals surface area (Å²) in [5.74, 6) is 0.921. The van der Waals surface area contributed by atoms with Crippen LogP contribution in [-0.4, -0.2) is 37.1 Å². The van der Waals surface area contributed by atoms with Crippen LogP contribution in [0.3, 0.4) is 0 Å². The van der Waals surface area contributed by atoms with Crippen molar-refractivity contribution in [2.45, 2.75) is 72.9 Å². The summed E-state index contributed by atoms with van der Waals surface area (Å²) < 4.78 is 1.98. The molecule has 0 N–H and O–H groups in total. The quantitative estimate of drug-likeness (QED) is 0.808. The van der Waals surface area contributed by atoms with E-state index in [1.807, 2.05) is 55.6 Å². The zero-order valence-electron chi connectivity index (χ0n) is 17.4. The van der Waals surface area contributed by atoms with Crippen LogP contribution in [0.5, 0.6) is 0 Å². The van der Waals surface area contributed by atoms with Gasteiger partial charge in [-0.05, 0) is 52.2 Å². The van der Waals surface area contributed by atoms with Gasteiger partial charge in [-0.2, -0.15) is 5.10 Å². The molecule has 1 atom stereocenters. The van der Waals surface area contributed by atoms with E-state index in [0.717, 1.165) is 48.7 Å². The highest BCUT2D eigenvalue weighted by molar-refractivity contribution is 5.82. The second kappa shape index (κ2) is 7.41. The summed E-state index contributed by atoms with van der Waals surface area (Å²) in [6.45, 7) is 12.9. The van der Waals surface area contributed by atoms with Crippen molar-refractivity contribution in [2.24, 2.45) is 5.41 Å². The Labute approximate surface area is 162 Å². The maximum Gasteiger partial charge on any atom is 0.228 e. The SMILES string of the molecule is Cc1cc(-c2ccnn2C(C)C)nc([C@H]2CCCCN2C(=O)C(C)(C)C)n1. The number of carbonyl (C=O) groups excluding carboxylic acids is 1. The highest BCUT2D eigenvalue weighted by Gasteiger charge is 2.35. The normalized spacial score (nSPS) is 18.2. The number of aromatic nitrogens is 4. The number of likely N-dealkylation sites (tertiary alicyclic amines) is 1. The van der Waals surface area contributed by atoms with E-state index < -0.39 is 5.41 Å². The van der Waals surface area contributed by atoms with Gasteiger partial charge in [0.2, 0.25) is 5.91 Å². The Morgan fingerprint density at radius 2 is 1.96 bits per heavy atom. The van der Waals surface area contributed by atoms with Crippen LogP contribution >= 0.6 is 0 Å². The molecule has 0 unspecified atom stereocenters. The smallest absolute Gasteiger partial charge is 0.228 e. The molecule has 2 aromatic heterocycles. The van der Waals surface area contributed by atoms with Gasteiger partial charge in [0.15, 0.2) is 5.82 Å². The summed E-state index contributed by atoms with van der Waals surface area (Å²) in [7, 11) is 0. The number of aryl methyl sites for hydroxylation is 1. The number of rotatable bonds is 3. The monoisotopic (exact) mass is 369 g/mol. The first-order chi connectivity index (χ1) is 12.7. The molecule has 0 saturated carbocycles. The van der Waals surface area contributed by atoms with Crippen LogP contribution < -0.4 is 0 Å². The van der Waals surface area contributed by atoms with Gasteiger partial charge in [0.25, 0.3) is 0 Å². The van der Waals surface area contributed by atoms with Crippen LogP contribution in [0.2, 0.25) is 0 Å². The van der Waals surface area contributed by atoms with Gasteiger partial charge >= 0.3 is 0 Å². The van der Waals surface area contributed by atoms with Gasteiger partial charge < -0.3 is 4.90 Å². The number of nitrogens with zero attached hydrogens (tertiary/aromatic N) is 5. The molecule has 0 bridgehead atoms. The minimum Gasteiger partial charge on any atom is -0.332 e. The fourth-order valence-electron chi connectivity index (χ4n) is 3.67. The third kappa shape index (κ3) is 4.04. The lowest BCUT2D eigenvalue weighted by molar-refractivity contribution is -0.143. The molecule has 1 amide bonds. The Morgan fingerprint density at radius 3 is 2.63 bits per heavy atom. The largest absolute Gasteiger partial charge is 0.332 e. The predicted molar refractivity (Wildman–Crippen MR) is 106 cm³/mol. The number of carbonyl (C=O) groups is 1. The van der Waals surface area contributed by atoms with Crippen molar-refractivity contribution in [3.8, 4) is 11.4 Å². The van der Waals surface area contributed by atoms with Crippen molar-refractivity contribution >= 4 is 5.91 Å². The summed E-state index contributed by atoms with van der Waals surface area (Å²) in [6.07, 6.45) is 4.85. The number of amides is 1. The first-order valence-electron chi connectivity index (χ1n) is 9.89. The van der Waals surface area contributed by atoms with E-state index in [4.69, 9.17) is 9.97 Å². The van der Waals surface area contributed by atoms with Crippen LogP contribution in [0.1, 0.15) is 77.5 Å². The van der Waals surface area contributed by atoms with E-state index in [0.29, 0.717) is 0 Å². The Morgan fingerprint density at radius 1 is 1.22 bits per heavy atom. The molecule has 6 heteroatoms. The average Bonchev–Trinajstić information content (AvgIpc) is 3.10. The number of hydrogen-bond acceptors (Lipinski definition) is 4. The van der Waals surface area contributed by atoms with Crippen molar-refractivity contribution in [1.82, 2.24) is 24.6 Å². The minimum absolute atomic E-state index is 0.0560. The van der Waals surface area contributed by atoms with Crippen molar-refractivity contribution < 1.29 is 4.79 Å². The van der Waals surface area contributed by atoms with Gasteiger partial charge in [-0.15, -0.1) is 0 Å². The Bertz CT molecular complexity index is 818. The average molecular weight is 370 g/mol. The Kier molecular flexibility index (Phi) is 5.36. The molecule has 6 nitrogen and oxygen atoms in total. The Hall–Kier alpha value is -2.24. The van der Waals surface area contributed by atoms with Crippen molar-refractivity contribution in [2.75, 3.05) is 6.54 Å². The molecule has 0 aliphatic carbocycles. The van der Waals surface area contributed by atoms with E-state index >= 15 is 0 Å². The maximum atomic E-state index is 13.0. The van der Waals surface area contributed by atoms with E-state index in [1.54, 1.807) is 0 Å². The molecule has 0 aromatic carbocycles. The van der Waals surface area contributed by atoms with Gasteiger partial charge in [-0.1, -0.05) is 20.8 Å². The first-order valence-corrected chi connectivity index (χ1v) is 9.89. The van der Waals surface area contributed by atoms with Crippen LogP contribution in [0.15, 0.2) is 18.3 Å². The van der Waals surface area contributed by atoms with Crippen LogP contribution in [-0.2, 0) is 4.79 Å². The third-order valence-electron chi connectivity index (χ3n) is 5.00. The third-order valence-corrected chi connectivity index (χ3v) is 5.00. The molecule has 2 aromatic rings. The second-order valence-corrected chi connectivity index (χ2v) is 8.77. The lowest BCUT2D eigenvalue weighted by Gasteiger charge is -2.38. The summed E-state index contributed by atoms with van der Waals surface area (Å²) in [5, 5.41) is 4.43. The summed E-state index contributed by atoms with van der Waals surface area (Å²) in [4.78, 5) is 24.6. The van der Waals surface area contributed by atoms with E-state index in [2.05, 4.69) is 18.9 Å². The van der Waals surface area contributed by atoms with Crippen molar-refractivity contribution in [1.29, 1.82) is 0 Å². The lowest BCUT2D eigenvalue weighted by Crippen LogP contribution is -2.44. The maximum absolute atomic E-state index is 13.0. The zero-order valence-corrected chi connectivity index (χ0v) is 17.4. The molecule has 1 saturated heterocycles. The standard InChI is InChI=1S/C21H31N5O/c1-14(2)26-17(10-11-22-26)16-13-15(3)23-19(24-16)18-9-7-8-12-25(18)20(27)21(4,5)6/h10-11,13-14,18H,7-9,12H2,1-6H3/t18-/m1/s1. The van der Waals surface area contributed by atoms with Gasteiger partial charge in [0.05, 0.1) is 17.4 Å². The molecule has 0 spiro atoms. The minimum atomic E-state index is -0.404. The molecule has 1 aliphatic heterocycles. The molecule has 0 radical (unpaired) electrons. The van der Waals surface area contributed by atoms with Crippen LogP contribution in [0.4, 0.5) is 0 Å². The fraction of sp³-hybridized carbons (Fsp3) is 0.619. The number of piperidine rings is 1. The van der Waals surface area contributed by atoms with Gasteiger partial charge in [0, 0.05) is 29.9 Å². The van der Waals surface area contributed by atoms with Crippen LogP contribution in [0.25, 0.3) is 11.4 Å². The lowest BCUT2D eigenvalue weighted by atomic mass is 9.91. The van der Waals surface area contributed by atoms with Crippen LogP contribution in [0, 0.1) is 12.3 Å². The first kappa shape index (κ1) is 19.5.